The summed E-state index contributed by atoms with van der Waals surface area (Å²) in [5, 5.41) is -0.349. The highest BCUT2D eigenvalue weighted by atomic mass is 32.2. The van der Waals surface area contributed by atoms with E-state index in [0.29, 0.717) is 0 Å². The molecule has 128 valence electrons. The van der Waals surface area contributed by atoms with Crippen molar-refractivity contribution in [1.29, 1.82) is 0 Å². The molecule has 0 radical (unpaired) electrons. The summed E-state index contributed by atoms with van der Waals surface area (Å²) >= 11 is 0. The Bertz CT molecular complexity index is 665. The molecule has 0 heterocycles. The Morgan fingerprint density at radius 2 is 1.57 bits per heavy atom. The summed E-state index contributed by atoms with van der Waals surface area (Å²) in [6.45, 7) is 10.8. The van der Waals surface area contributed by atoms with Gasteiger partial charge in [-0.2, -0.15) is 0 Å². The molecule has 0 spiro atoms. The average Bonchev–Trinajstić information content (AvgIpc) is 2.44. The molecule has 0 bridgehead atoms. The molecule has 1 aromatic rings. The first-order valence-corrected chi connectivity index (χ1v) is 9.07. The van der Waals surface area contributed by atoms with Crippen molar-refractivity contribution >= 4 is 15.9 Å². The van der Waals surface area contributed by atoms with Crippen LogP contribution in [0.2, 0.25) is 0 Å². The summed E-state index contributed by atoms with van der Waals surface area (Å²) in [6, 6.07) is 6.23. The second-order valence-electron chi connectivity index (χ2n) is 5.89. The lowest BCUT2D eigenvalue weighted by atomic mass is 10.2. The molecule has 5 nitrogen and oxygen atoms in total. The minimum absolute atomic E-state index is 0.0947. The first-order valence-electron chi connectivity index (χ1n) is 7.59. The molecule has 0 N–H and O–H groups in total. The predicted octanol–water partition coefficient (Wildman–Crippen LogP) is 3.89. The van der Waals surface area contributed by atoms with Crippen molar-refractivity contribution in [2.45, 2.75) is 58.5 Å². The van der Waals surface area contributed by atoms with Crippen LogP contribution >= 0.6 is 0 Å². The number of amides is 1. The van der Waals surface area contributed by atoms with Gasteiger partial charge in [-0.1, -0.05) is 17.7 Å². The van der Waals surface area contributed by atoms with Crippen molar-refractivity contribution < 1.29 is 17.9 Å². The number of rotatable bonds is 5. The number of hydrogen-bond donors (Lipinski definition) is 0. The second-order valence-corrected chi connectivity index (χ2v) is 7.77. The van der Waals surface area contributed by atoms with Gasteiger partial charge in [-0.05, 0) is 59.8 Å². The molecule has 0 aromatic heterocycles. The van der Waals surface area contributed by atoms with Crippen molar-refractivity contribution in [3.8, 4) is 0 Å². The summed E-state index contributed by atoms with van der Waals surface area (Å²) in [7, 11) is -3.86. The molecular formula is C17H25NO4S. The maximum atomic E-state index is 12.6. The van der Waals surface area contributed by atoms with Gasteiger partial charge >= 0.3 is 6.09 Å². The Hall–Kier alpha value is -1.82. The summed E-state index contributed by atoms with van der Waals surface area (Å²) < 4.78 is 30.4. The fourth-order valence-electron chi connectivity index (χ4n) is 2.26. The van der Waals surface area contributed by atoms with E-state index in [9.17, 15) is 13.2 Å². The minimum atomic E-state index is -3.86. The number of hydrogen-bond acceptors (Lipinski definition) is 4. The van der Waals surface area contributed by atoms with Crippen molar-refractivity contribution in [2.75, 3.05) is 0 Å². The van der Waals surface area contributed by atoms with E-state index in [-0.39, 0.29) is 22.1 Å². The molecule has 1 rings (SSSR count). The largest absolute Gasteiger partial charge is 0.416 e. The molecule has 0 fully saturated rings. The summed E-state index contributed by atoms with van der Waals surface area (Å²) in [5.74, 6) is 0. The van der Waals surface area contributed by atoms with Crippen LogP contribution in [0.5, 0.6) is 0 Å². The van der Waals surface area contributed by atoms with Gasteiger partial charge in [0.2, 0.25) is 14.9 Å². The predicted molar refractivity (Wildman–Crippen MR) is 90.7 cm³/mol. The van der Waals surface area contributed by atoms with E-state index in [1.165, 1.54) is 30.0 Å². The number of ether oxygens (including phenoxy) is 1. The molecule has 0 atom stereocenters. The van der Waals surface area contributed by atoms with E-state index < -0.39 is 15.9 Å². The van der Waals surface area contributed by atoms with Crippen LogP contribution in [-0.4, -0.2) is 31.5 Å². The number of nitrogens with zero attached hydrogens (tertiary/aromatic N) is 1. The van der Waals surface area contributed by atoms with Crippen LogP contribution in [0.3, 0.4) is 0 Å². The number of allylic oxidation sites excluding steroid dienone is 1. The molecule has 1 aromatic carbocycles. The molecule has 6 heteroatoms. The van der Waals surface area contributed by atoms with Crippen molar-refractivity contribution in [2.24, 2.45) is 0 Å². The Labute approximate surface area is 138 Å². The zero-order valence-corrected chi connectivity index (χ0v) is 15.3. The topological polar surface area (TPSA) is 63.7 Å². The zero-order valence-electron chi connectivity index (χ0n) is 14.5. The smallest absolute Gasteiger partial charge is 0.398 e. The van der Waals surface area contributed by atoms with E-state index in [1.807, 2.05) is 34.6 Å². The van der Waals surface area contributed by atoms with E-state index in [4.69, 9.17) is 4.74 Å². The number of carbonyl (C=O) groups is 1. The van der Waals surface area contributed by atoms with E-state index >= 15 is 0 Å². The SMILES string of the molecule is C/C=C(\OC(=O)N(C(C)C)C(C)C)S(=O)(=O)c1ccc(C)cc1. The molecule has 0 saturated carbocycles. The van der Waals surface area contributed by atoms with Gasteiger partial charge in [0.15, 0.2) is 0 Å². The first kappa shape index (κ1) is 19.2. The van der Waals surface area contributed by atoms with Gasteiger partial charge in [0.1, 0.15) is 0 Å². The molecule has 0 aliphatic carbocycles. The highest BCUT2D eigenvalue weighted by Gasteiger charge is 2.28. The van der Waals surface area contributed by atoms with Gasteiger partial charge in [0.05, 0.1) is 4.90 Å². The quantitative estimate of drug-likeness (QED) is 0.764. The van der Waals surface area contributed by atoms with Crippen molar-refractivity contribution in [1.82, 2.24) is 4.90 Å². The average molecular weight is 339 g/mol. The lowest BCUT2D eigenvalue weighted by Crippen LogP contribution is -2.42. The lowest BCUT2D eigenvalue weighted by Gasteiger charge is -2.29. The normalized spacial score (nSPS) is 12.6. The Balaban J connectivity index is 3.09. The summed E-state index contributed by atoms with van der Waals surface area (Å²) in [4.78, 5) is 13.9. The highest BCUT2D eigenvalue weighted by Crippen LogP contribution is 2.22. The third kappa shape index (κ3) is 4.58. The third-order valence-electron chi connectivity index (χ3n) is 3.34. The molecule has 0 unspecified atom stereocenters. The standard InChI is InChI=1S/C17H25NO4S/c1-7-16(22-17(19)18(12(2)3)13(4)5)23(20,21)15-10-8-14(6)9-11-15/h7-13H,1-6H3/b16-7+. The van der Waals surface area contributed by atoms with Gasteiger partial charge in [0.25, 0.3) is 0 Å². The molecule has 0 saturated heterocycles. The van der Waals surface area contributed by atoms with E-state index in [1.54, 1.807) is 12.1 Å². The summed E-state index contributed by atoms with van der Waals surface area (Å²) in [6.07, 6.45) is 0.630. The van der Waals surface area contributed by atoms with Gasteiger partial charge < -0.3 is 9.64 Å². The molecular weight excluding hydrogens is 314 g/mol. The van der Waals surface area contributed by atoms with Crippen LogP contribution in [-0.2, 0) is 14.6 Å². The molecule has 23 heavy (non-hydrogen) atoms. The van der Waals surface area contributed by atoms with Crippen LogP contribution in [0, 0.1) is 6.92 Å². The number of benzene rings is 1. The van der Waals surface area contributed by atoms with Crippen molar-refractivity contribution in [3.63, 3.8) is 0 Å². The fraction of sp³-hybridized carbons (Fsp3) is 0.471. The van der Waals surface area contributed by atoms with Crippen LogP contribution in [0.15, 0.2) is 40.3 Å². The first-order chi connectivity index (χ1) is 10.6. The number of carbonyl (C=O) groups excluding carboxylic acids is 1. The van der Waals surface area contributed by atoms with Crippen LogP contribution in [0.1, 0.15) is 40.2 Å². The minimum Gasteiger partial charge on any atom is -0.398 e. The fourth-order valence-corrected chi connectivity index (χ4v) is 3.48. The van der Waals surface area contributed by atoms with Gasteiger partial charge in [-0.25, -0.2) is 13.2 Å². The van der Waals surface area contributed by atoms with Crippen LogP contribution < -0.4 is 0 Å². The van der Waals surface area contributed by atoms with Gasteiger partial charge in [0, 0.05) is 12.1 Å². The zero-order chi connectivity index (χ0) is 17.8. The second kappa shape index (κ2) is 7.64. The molecule has 0 aliphatic heterocycles. The van der Waals surface area contributed by atoms with E-state index in [2.05, 4.69) is 0 Å². The van der Waals surface area contributed by atoms with Crippen molar-refractivity contribution in [3.05, 3.63) is 41.0 Å². The Morgan fingerprint density at radius 1 is 1.09 bits per heavy atom. The highest BCUT2D eigenvalue weighted by molar-refractivity contribution is 7.95. The Morgan fingerprint density at radius 3 is 1.96 bits per heavy atom. The van der Waals surface area contributed by atoms with Crippen LogP contribution in [0.4, 0.5) is 4.79 Å². The molecule has 1 amide bonds. The maximum absolute atomic E-state index is 12.6. The van der Waals surface area contributed by atoms with Crippen LogP contribution in [0.25, 0.3) is 0 Å². The summed E-state index contributed by atoms with van der Waals surface area (Å²) in [5.41, 5.74) is 0.953. The van der Waals surface area contributed by atoms with Gasteiger partial charge in [-0.3, -0.25) is 0 Å². The van der Waals surface area contributed by atoms with Gasteiger partial charge in [-0.15, -0.1) is 0 Å². The molecule has 0 aliphatic rings. The monoisotopic (exact) mass is 339 g/mol. The maximum Gasteiger partial charge on any atom is 0.416 e. The third-order valence-corrected chi connectivity index (χ3v) is 5.08. The lowest BCUT2D eigenvalue weighted by molar-refractivity contribution is 0.106. The van der Waals surface area contributed by atoms with E-state index in [0.717, 1.165) is 5.56 Å². The Kier molecular flexibility index (Phi) is 6.38. The number of sulfone groups is 1. The number of aryl methyl sites for hydroxylation is 1.